The van der Waals surface area contributed by atoms with E-state index in [4.69, 9.17) is 53.8 Å². The van der Waals surface area contributed by atoms with Gasteiger partial charge in [-0.2, -0.15) is 0 Å². The van der Waals surface area contributed by atoms with E-state index in [1.165, 1.54) is 0 Å². The van der Waals surface area contributed by atoms with Crippen molar-refractivity contribution in [1.29, 1.82) is 0 Å². The van der Waals surface area contributed by atoms with Crippen molar-refractivity contribution in [3.63, 3.8) is 0 Å². The van der Waals surface area contributed by atoms with Crippen LogP contribution in [0.3, 0.4) is 0 Å². The zero-order valence-electron chi connectivity index (χ0n) is 33.3. The van der Waals surface area contributed by atoms with Crippen LogP contribution in [0.1, 0.15) is 116 Å². The van der Waals surface area contributed by atoms with Gasteiger partial charge in [0.1, 0.15) is 25.4 Å². The fourth-order valence-electron chi connectivity index (χ4n) is 2.96. The SMILES string of the molecule is C.C.C.C.C.C.C.C.C.C.C=C.C=C.CC(C)(C)[Si](C)(C)OCCOCC(COCCO[Si](C)(C)C(C)(C)C)OCCOCCOC(COOCC(N)=O)COOCC(N)=O. The minimum atomic E-state index is -1.84. The Labute approximate surface area is 383 Å². The smallest absolute Gasteiger partial charge is 0.246 e. The molecule has 0 unspecified atom stereocenters. The molecular weight excluding hydrogens is 821 g/mol. The van der Waals surface area contributed by atoms with Gasteiger partial charge in [-0.15, -0.1) is 26.3 Å². The first-order chi connectivity index (χ1) is 23.8. The summed E-state index contributed by atoms with van der Waals surface area (Å²) in [6.45, 7) is 36.8. The molecular formula is C44H112N2O13Si2. The standard InChI is InChI=1S/C30H64N2O13Si2.2C2H4.10CH4/c1-29(2,3)46(7,8)44-17-13-36-19-25(20-37-14-18-45-47(9,10)30(4,5)6)38-15-11-35-12-16-39-26(21-40-42-23-27(31)33)22-41-43-24-28(32)34;2*1-2;;;;;;;;;;/h25-26H,11-24H2,1-10H3,(H2,31,33)(H2,32,34);2*1-2H2;10*1H4. The molecule has 0 aliphatic heterocycles. The van der Waals surface area contributed by atoms with Crippen LogP contribution in [-0.2, 0) is 61.7 Å². The van der Waals surface area contributed by atoms with E-state index in [0.717, 1.165) is 0 Å². The van der Waals surface area contributed by atoms with Crippen LogP contribution in [0, 0.1) is 0 Å². The quantitative estimate of drug-likeness (QED) is 0.0228. The van der Waals surface area contributed by atoms with Crippen molar-refractivity contribution in [3.8, 4) is 0 Å². The van der Waals surface area contributed by atoms with Crippen LogP contribution in [-0.4, -0.2) is 133 Å². The van der Waals surface area contributed by atoms with Crippen LogP contribution in [0.5, 0.6) is 0 Å². The number of carbonyl (C=O) groups excluding carboxylic acids is 2. The first kappa shape index (κ1) is 94.1. The molecule has 0 atom stereocenters. The lowest BCUT2D eigenvalue weighted by Crippen LogP contribution is -2.42. The van der Waals surface area contributed by atoms with Crippen LogP contribution in [0.4, 0.5) is 0 Å². The number of rotatable bonds is 30. The van der Waals surface area contributed by atoms with Crippen molar-refractivity contribution in [3.05, 3.63) is 26.3 Å². The van der Waals surface area contributed by atoms with E-state index < -0.39 is 47.8 Å². The molecule has 0 aliphatic rings. The highest BCUT2D eigenvalue weighted by molar-refractivity contribution is 6.74. The molecule has 0 saturated heterocycles. The molecule has 0 aliphatic carbocycles. The Morgan fingerprint density at radius 2 is 0.705 bits per heavy atom. The topological polar surface area (TPSA) is 188 Å². The maximum Gasteiger partial charge on any atom is 0.246 e. The van der Waals surface area contributed by atoms with Crippen molar-refractivity contribution in [2.45, 2.75) is 164 Å². The maximum atomic E-state index is 10.8. The van der Waals surface area contributed by atoms with Gasteiger partial charge in [0.2, 0.25) is 11.8 Å². The van der Waals surface area contributed by atoms with Gasteiger partial charge in [0, 0.05) is 0 Å². The zero-order chi connectivity index (χ0) is 40.0. The molecule has 0 heterocycles. The molecule has 61 heavy (non-hydrogen) atoms. The number of primary amides is 2. The van der Waals surface area contributed by atoms with Gasteiger partial charge >= 0.3 is 0 Å². The predicted octanol–water partition coefficient (Wildman–Crippen LogP) is 10.7. The number of ether oxygens (including phenoxy) is 5. The maximum absolute atomic E-state index is 10.8. The molecule has 15 nitrogen and oxygen atoms in total. The number of nitrogens with two attached hydrogens (primary N) is 2. The fourth-order valence-corrected chi connectivity index (χ4v) is 5.01. The fraction of sp³-hybridized carbons (Fsp3) is 0.864. The Bertz CT molecular complexity index is 817. The number of amides is 2. The Morgan fingerprint density at radius 1 is 0.443 bits per heavy atom. The third-order valence-electron chi connectivity index (χ3n) is 7.84. The molecule has 2 amide bonds. The highest BCUT2D eigenvalue weighted by Gasteiger charge is 2.37. The second-order valence-electron chi connectivity index (χ2n) is 14.0. The van der Waals surface area contributed by atoms with Gasteiger partial charge < -0.3 is 44.0 Å². The summed E-state index contributed by atoms with van der Waals surface area (Å²) in [5, 5.41) is 0.265. The molecule has 0 spiro atoms. The zero-order valence-corrected chi connectivity index (χ0v) is 35.3. The van der Waals surface area contributed by atoms with E-state index in [9.17, 15) is 9.59 Å². The minimum absolute atomic E-state index is 0. The van der Waals surface area contributed by atoms with Crippen molar-refractivity contribution in [1.82, 2.24) is 0 Å². The average Bonchev–Trinajstić information content (AvgIpc) is 3.03. The molecule has 0 rings (SSSR count). The molecule has 0 radical (unpaired) electrons. The van der Waals surface area contributed by atoms with Crippen molar-refractivity contribution in [2.75, 3.05) is 92.5 Å². The molecule has 0 fully saturated rings. The molecule has 0 aromatic heterocycles. The monoisotopic (exact) mass is 933 g/mol. The van der Waals surface area contributed by atoms with E-state index in [1.807, 2.05) is 0 Å². The van der Waals surface area contributed by atoms with Gasteiger partial charge in [-0.1, -0.05) is 116 Å². The number of hydrogen-bond acceptors (Lipinski definition) is 13. The summed E-state index contributed by atoms with van der Waals surface area (Å²) in [6.07, 6.45) is -0.953. The molecule has 0 aromatic carbocycles. The molecule has 17 heteroatoms. The summed E-state index contributed by atoms with van der Waals surface area (Å²) in [7, 11) is -3.69. The van der Waals surface area contributed by atoms with E-state index >= 15 is 0 Å². The summed E-state index contributed by atoms with van der Waals surface area (Å²) in [5.74, 6) is -1.38. The molecule has 0 aromatic rings. The highest BCUT2D eigenvalue weighted by Crippen LogP contribution is 2.37. The normalized spacial score (nSPS) is 10.3. The van der Waals surface area contributed by atoms with Crippen molar-refractivity contribution in [2.24, 2.45) is 11.5 Å². The van der Waals surface area contributed by atoms with Crippen LogP contribution in [0.15, 0.2) is 26.3 Å². The van der Waals surface area contributed by atoms with Crippen molar-refractivity contribution < 1.29 is 61.7 Å². The van der Waals surface area contributed by atoms with Crippen molar-refractivity contribution >= 4 is 28.4 Å². The van der Waals surface area contributed by atoms with Gasteiger partial charge in [-0.25, -0.2) is 19.6 Å². The second-order valence-corrected chi connectivity index (χ2v) is 23.6. The van der Waals surface area contributed by atoms with E-state index in [2.05, 4.69) is 104 Å². The van der Waals surface area contributed by atoms with Gasteiger partial charge in [0.05, 0.1) is 66.1 Å². The first-order valence-electron chi connectivity index (χ1n) is 17.1. The van der Waals surface area contributed by atoms with Crippen LogP contribution in [0.25, 0.3) is 0 Å². The molecule has 0 saturated carbocycles. The van der Waals surface area contributed by atoms with E-state index in [-0.39, 0.29) is 117 Å². The number of carbonyl (C=O) groups is 2. The van der Waals surface area contributed by atoms with Crippen LogP contribution < -0.4 is 11.5 Å². The third-order valence-corrected chi connectivity index (χ3v) is 16.9. The summed E-state index contributed by atoms with van der Waals surface area (Å²) in [4.78, 5) is 40.8. The summed E-state index contributed by atoms with van der Waals surface area (Å²) < 4.78 is 41.5. The lowest BCUT2D eigenvalue weighted by molar-refractivity contribution is -0.330. The van der Waals surface area contributed by atoms with E-state index in [1.54, 1.807) is 0 Å². The second kappa shape index (κ2) is 54.5. The predicted molar refractivity (Wildman–Crippen MR) is 270 cm³/mol. The van der Waals surface area contributed by atoms with Crippen LogP contribution in [0.2, 0.25) is 36.3 Å². The third kappa shape index (κ3) is 54.5. The van der Waals surface area contributed by atoms with Gasteiger partial charge in [-0.05, 0) is 36.3 Å². The Hall–Kier alpha value is -1.59. The average molecular weight is 934 g/mol. The van der Waals surface area contributed by atoms with Gasteiger partial charge in [0.25, 0.3) is 0 Å². The molecule has 384 valence electrons. The summed E-state index contributed by atoms with van der Waals surface area (Å²) in [6, 6.07) is 0. The first-order valence-corrected chi connectivity index (χ1v) is 22.9. The largest absolute Gasteiger partial charge is 0.414 e. The minimum Gasteiger partial charge on any atom is -0.414 e. The van der Waals surface area contributed by atoms with Gasteiger partial charge in [0.15, 0.2) is 29.8 Å². The Kier molecular flexibility index (Phi) is 84.2. The summed E-state index contributed by atoms with van der Waals surface area (Å²) >= 11 is 0. The Morgan fingerprint density at radius 3 is 0.967 bits per heavy atom. The lowest BCUT2D eigenvalue weighted by Gasteiger charge is -2.36. The van der Waals surface area contributed by atoms with Crippen LogP contribution >= 0.6 is 0 Å². The Balaban J connectivity index is -0.000000145. The van der Waals surface area contributed by atoms with Gasteiger partial charge in [-0.3, -0.25) is 9.59 Å². The molecule has 4 N–H and O–H groups in total. The lowest BCUT2D eigenvalue weighted by atomic mass is 10.2. The number of hydrogen-bond donors (Lipinski definition) is 2. The summed E-state index contributed by atoms with van der Waals surface area (Å²) in [5.41, 5.74) is 10.0. The highest BCUT2D eigenvalue weighted by atomic mass is 28.4. The molecule has 0 bridgehead atoms. The van der Waals surface area contributed by atoms with E-state index in [0.29, 0.717) is 52.9 Å².